The summed E-state index contributed by atoms with van der Waals surface area (Å²) in [5, 5.41) is 6.52. The fourth-order valence-corrected chi connectivity index (χ4v) is 3.26. The molecule has 1 amide bonds. The van der Waals surface area contributed by atoms with Gasteiger partial charge in [0.15, 0.2) is 5.78 Å². The minimum absolute atomic E-state index is 0.0433. The van der Waals surface area contributed by atoms with E-state index in [9.17, 15) is 9.59 Å². The van der Waals surface area contributed by atoms with Gasteiger partial charge in [-0.25, -0.2) is 0 Å². The Labute approximate surface area is 156 Å². The lowest BCUT2D eigenvalue weighted by Crippen LogP contribution is -2.36. The van der Waals surface area contributed by atoms with Gasteiger partial charge in [0.05, 0.1) is 6.61 Å². The molecule has 26 heavy (non-hydrogen) atoms. The van der Waals surface area contributed by atoms with Crippen LogP contribution >= 0.6 is 0 Å². The van der Waals surface area contributed by atoms with Crippen molar-refractivity contribution in [2.75, 3.05) is 19.7 Å². The molecule has 0 heterocycles. The highest BCUT2D eigenvalue weighted by molar-refractivity contribution is 5.94. The summed E-state index contributed by atoms with van der Waals surface area (Å²) in [6.45, 7) is 3.56. The number of ether oxygens (including phenoxy) is 1. The molecule has 2 rings (SSSR count). The summed E-state index contributed by atoms with van der Waals surface area (Å²) in [4.78, 5) is 23.1. The van der Waals surface area contributed by atoms with Crippen LogP contribution in [0.25, 0.3) is 0 Å². The van der Waals surface area contributed by atoms with Crippen molar-refractivity contribution in [1.82, 2.24) is 10.6 Å². The van der Waals surface area contributed by atoms with E-state index in [4.69, 9.17) is 4.74 Å². The van der Waals surface area contributed by atoms with Crippen LogP contribution in [0.3, 0.4) is 0 Å². The van der Waals surface area contributed by atoms with Crippen molar-refractivity contribution >= 4 is 11.7 Å². The number of benzene rings is 1. The number of hydrogen-bond acceptors (Lipinski definition) is 4. The number of ketones is 1. The van der Waals surface area contributed by atoms with Gasteiger partial charge >= 0.3 is 0 Å². The number of hydrogen-bond donors (Lipinski definition) is 2. The normalized spacial score (nSPS) is 15.3. The van der Waals surface area contributed by atoms with Crippen LogP contribution < -0.4 is 15.4 Å². The number of carbonyl (C=O) groups is 2. The summed E-state index contributed by atoms with van der Waals surface area (Å²) in [5.74, 6) is 0.841. The fraction of sp³-hybridized carbons (Fsp3) is 0.619. The third-order valence-corrected chi connectivity index (χ3v) is 4.81. The van der Waals surface area contributed by atoms with E-state index >= 15 is 0 Å². The van der Waals surface area contributed by atoms with E-state index < -0.39 is 0 Å². The van der Waals surface area contributed by atoms with Crippen LogP contribution in [0.2, 0.25) is 0 Å². The number of nitrogens with one attached hydrogen (secondary N) is 2. The van der Waals surface area contributed by atoms with E-state index in [1.165, 1.54) is 38.5 Å². The first-order valence-electron chi connectivity index (χ1n) is 9.89. The molecule has 1 aliphatic carbocycles. The lowest BCUT2D eigenvalue weighted by atomic mass is 10.1. The SMILES string of the molecule is CC(=O)c1ccc(OCCCC(=O)NCCNC2CCCCCC2)cc1. The topological polar surface area (TPSA) is 67.4 Å². The second-order valence-corrected chi connectivity index (χ2v) is 7.03. The number of Topliss-reactive ketones (excluding diaryl/α,β-unsaturated/α-hetero) is 1. The van der Waals surface area contributed by atoms with Crippen LogP contribution in [0.4, 0.5) is 0 Å². The van der Waals surface area contributed by atoms with Gasteiger partial charge in [-0.3, -0.25) is 9.59 Å². The van der Waals surface area contributed by atoms with E-state index in [1.807, 2.05) is 0 Å². The highest BCUT2D eigenvalue weighted by Gasteiger charge is 2.11. The minimum Gasteiger partial charge on any atom is -0.494 e. The van der Waals surface area contributed by atoms with Crippen LogP contribution in [0.1, 0.15) is 68.6 Å². The maximum Gasteiger partial charge on any atom is 0.220 e. The van der Waals surface area contributed by atoms with Gasteiger partial charge in [-0.05, 0) is 50.5 Å². The molecule has 1 saturated carbocycles. The van der Waals surface area contributed by atoms with Crippen LogP contribution in [0, 0.1) is 0 Å². The van der Waals surface area contributed by atoms with E-state index in [1.54, 1.807) is 31.2 Å². The maximum absolute atomic E-state index is 11.8. The first-order valence-corrected chi connectivity index (χ1v) is 9.89. The molecule has 0 spiro atoms. The molecule has 0 aromatic heterocycles. The molecule has 2 N–H and O–H groups in total. The molecule has 0 unspecified atom stereocenters. The van der Waals surface area contributed by atoms with Gasteiger partial charge in [-0.15, -0.1) is 0 Å². The summed E-state index contributed by atoms with van der Waals surface area (Å²) in [6, 6.07) is 7.71. The first kappa shape index (κ1) is 20.4. The average Bonchev–Trinajstić information content (AvgIpc) is 2.91. The third-order valence-electron chi connectivity index (χ3n) is 4.81. The van der Waals surface area contributed by atoms with Crippen molar-refractivity contribution in [2.45, 2.75) is 64.3 Å². The Morgan fingerprint density at radius 2 is 1.73 bits per heavy atom. The Morgan fingerprint density at radius 1 is 1.04 bits per heavy atom. The van der Waals surface area contributed by atoms with Crippen molar-refractivity contribution in [3.05, 3.63) is 29.8 Å². The molecular weight excluding hydrogens is 328 g/mol. The van der Waals surface area contributed by atoms with Crippen molar-refractivity contribution in [1.29, 1.82) is 0 Å². The summed E-state index contributed by atoms with van der Waals surface area (Å²) >= 11 is 0. The molecule has 0 radical (unpaired) electrons. The zero-order chi connectivity index (χ0) is 18.6. The molecule has 0 bridgehead atoms. The fourth-order valence-electron chi connectivity index (χ4n) is 3.26. The molecule has 1 fully saturated rings. The second-order valence-electron chi connectivity index (χ2n) is 7.03. The molecular formula is C21H32N2O3. The van der Waals surface area contributed by atoms with E-state index in [-0.39, 0.29) is 11.7 Å². The zero-order valence-electron chi connectivity index (χ0n) is 15.9. The summed E-state index contributed by atoms with van der Waals surface area (Å²) < 4.78 is 5.60. The molecule has 144 valence electrons. The summed E-state index contributed by atoms with van der Waals surface area (Å²) in [6.07, 6.45) is 9.03. The van der Waals surface area contributed by atoms with E-state index in [0.29, 0.717) is 37.6 Å². The molecule has 1 aromatic carbocycles. The predicted octanol–water partition coefficient (Wildman–Crippen LogP) is 3.48. The lowest BCUT2D eigenvalue weighted by Gasteiger charge is -2.16. The number of carbonyl (C=O) groups excluding carboxylic acids is 2. The molecule has 1 aliphatic rings. The monoisotopic (exact) mass is 360 g/mol. The minimum atomic E-state index is 0.0433. The lowest BCUT2D eigenvalue weighted by molar-refractivity contribution is -0.121. The molecule has 5 nitrogen and oxygen atoms in total. The first-order chi connectivity index (χ1) is 12.6. The van der Waals surface area contributed by atoms with E-state index in [0.717, 1.165) is 12.3 Å². The van der Waals surface area contributed by atoms with Gasteiger partial charge in [0, 0.05) is 31.1 Å². The Hall–Kier alpha value is -1.88. The van der Waals surface area contributed by atoms with Crippen molar-refractivity contribution < 1.29 is 14.3 Å². The molecule has 0 saturated heterocycles. The molecule has 0 aliphatic heterocycles. The van der Waals surface area contributed by atoms with Crippen LogP contribution in [-0.4, -0.2) is 37.4 Å². The van der Waals surface area contributed by atoms with Crippen molar-refractivity contribution in [2.24, 2.45) is 0 Å². The zero-order valence-corrected chi connectivity index (χ0v) is 15.9. The largest absolute Gasteiger partial charge is 0.494 e. The van der Waals surface area contributed by atoms with Gasteiger partial charge in [-0.2, -0.15) is 0 Å². The van der Waals surface area contributed by atoms with E-state index in [2.05, 4.69) is 10.6 Å². The number of rotatable bonds is 10. The van der Waals surface area contributed by atoms with Gasteiger partial charge in [-0.1, -0.05) is 25.7 Å². The Bertz CT molecular complexity index is 549. The Kier molecular flexibility index (Phi) is 9.18. The van der Waals surface area contributed by atoms with Gasteiger partial charge in [0.25, 0.3) is 0 Å². The Balaban J connectivity index is 1.50. The van der Waals surface area contributed by atoms with Crippen LogP contribution in [0.5, 0.6) is 5.75 Å². The highest BCUT2D eigenvalue weighted by atomic mass is 16.5. The van der Waals surface area contributed by atoms with Gasteiger partial charge < -0.3 is 15.4 Å². The standard InChI is InChI=1S/C21H32N2O3/c1-17(24)18-10-12-20(13-11-18)26-16-6-9-21(25)23-15-14-22-19-7-4-2-3-5-8-19/h10-13,19,22H,2-9,14-16H2,1H3,(H,23,25). The van der Waals surface area contributed by atoms with Gasteiger partial charge in [0.1, 0.15) is 5.75 Å². The second kappa shape index (κ2) is 11.7. The quantitative estimate of drug-likeness (QED) is 0.381. The van der Waals surface area contributed by atoms with Crippen molar-refractivity contribution in [3.63, 3.8) is 0 Å². The Morgan fingerprint density at radius 3 is 2.38 bits per heavy atom. The predicted molar refractivity (Wildman–Crippen MR) is 104 cm³/mol. The summed E-state index contributed by atoms with van der Waals surface area (Å²) in [7, 11) is 0. The number of amides is 1. The third kappa shape index (κ3) is 8.00. The van der Waals surface area contributed by atoms with Crippen LogP contribution in [0.15, 0.2) is 24.3 Å². The summed E-state index contributed by atoms with van der Waals surface area (Å²) in [5.41, 5.74) is 0.675. The smallest absolute Gasteiger partial charge is 0.220 e. The average molecular weight is 360 g/mol. The molecule has 5 heteroatoms. The van der Waals surface area contributed by atoms with Crippen LogP contribution in [-0.2, 0) is 4.79 Å². The molecule has 1 aromatic rings. The van der Waals surface area contributed by atoms with Crippen molar-refractivity contribution in [3.8, 4) is 5.75 Å². The maximum atomic E-state index is 11.8. The molecule has 0 atom stereocenters. The van der Waals surface area contributed by atoms with Gasteiger partial charge in [0.2, 0.25) is 5.91 Å². The highest BCUT2D eigenvalue weighted by Crippen LogP contribution is 2.16.